The quantitative estimate of drug-likeness (QED) is 0.678. The maximum absolute atomic E-state index is 12.0. The highest BCUT2D eigenvalue weighted by Gasteiger charge is 2.35. The van der Waals surface area contributed by atoms with Gasteiger partial charge in [0.1, 0.15) is 0 Å². The van der Waals surface area contributed by atoms with E-state index in [1.807, 2.05) is 44.2 Å². The van der Waals surface area contributed by atoms with Crippen LogP contribution in [0.15, 0.2) is 30.3 Å². The molecule has 116 valence electrons. The van der Waals surface area contributed by atoms with Crippen LogP contribution >= 0.6 is 0 Å². The molecule has 0 bridgehead atoms. The second-order valence-corrected chi connectivity index (χ2v) is 5.31. The zero-order valence-corrected chi connectivity index (χ0v) is 12.6. The average molecular weight is 292 g/mol. The smallest absolute Gasteiger partial charge is 0.311 e. The van der Waals surface area contributed by atoms with Crippen molar-refractivity contribution in [3.63, 3.8) is 0 Å². The van der Waals surface area contributed by atoms with E-state index in [4.69, 9.17) is 5.73 Å². The third kappa shape index (κ3) is 4.56. The van der Waals surface area contributed by atoms with E-state index in [9.17, 15) is 14.7 Å². The minimum atomic E-state index is -0.915. The van der Waals surface area contributed by atoms with Crippen molar-refractivity contribution in [2.45, 2.75) is 39.2 Å². The molecule has 0 aliphatic rings. The highest BCUT2D eigenvalue weighted by Crippen LogP contribution is 2.25. The third-order valence-electron chi connectivity index (χ3n) is 4.04. The van der Waals surface area contributed by atoms with Crippen LogP contribution in [0.1, 0.15) is 32.3 Å². The number of carboxylic acid groups (broad SMARTS) is 1. The molecule has 0 radical (unpaired) electrons. The minimum Gasteiger partial charge on any atom is -0.481 e. The van der Waals surface area contributed by atoms with Gasteiger partial charge in [0.25, 0.3) is 0 Å². The molecule has 5 nitrogen and oxygen atoms in total. The molecule has 1 amide bonds. The summed E-state index contributed by atoms with van der Waals surface area (Å²) in [7, 11) is 0. The lowest BCUT2D eigenvalue weighted by molar-refractivity contribution is -0.149. The summed E-state index contributed by atoms with van der Waals surface area (Å²) in [4.78, 5) is 23.4. The fraction of sp³-hybridized carbons (Fsp3) is 0.500. The molecule has 1 aromatic carbocycles. The van der Waals surface area contributed by atoms with Crippen molar-refractivity contribution >= 4 is 11.9 Å². The van der Waals surface area contributed by atoms with E-state index in [0.29, 0.717) is 19.3 Å². The molecular formula is C16H24N2O3. The Kier molecular flexibility index (Phi) is 6.37. The number of carbonyl (C=O) groups excluding carboxylic acids is 1. The van der Waals surface area contributed by atoms with Crippen molar-refractivity contribution in [1.29, 1.82) is 0 Å². The number of hydrogen-bond donors (Lipinski definition) is 3. The van der Waals surface area contributed by atoms with Gasteiger partial charge in [-0.3, -0.25) is 9.59 Å². The van der Waals surface area contributed by atoms with Crippen molar-refractivity contribution < 1.29 is 14.7 Å². The Morgan fingerprint density at radius 1 is 1.24 bits per heavy atom. The Morgan fingerprint density at radius 3 is 2.29 bits per heavy atom. The highest BCUT2D eigenvalue weighted by atomic mass is 16.4. The number of carbonyl (C=O) groups is 2. The topological polar surface area (TPSA) is 92.4 Å². The van der Waals surface area contributed by atoms with Gasteiger partial charge in [-0.25, -0.2) is 0 Å². The van der Waals surface area contributed by atoms with Crippen LogP contribution in [0, 0.1) is 5.41 Å². The Labute approximate surface area is 125 Å². The van der Waals surface area contributed by atoms with Gasteiger partial charge in [-0.15, -0.1) is 0 Å². The van der Waals surface area contributed by atoms with E-state index >= 15 is 0 Å². The lowest BCUT2D eigenvalue weighted by Gasteiger charge is -2.27. The van der Waals surface area contributed by atoms with Crippen molar-refractivity contribution in [1.82, 2.24) is 5.32 Å². The Balaban J connectivity index is 2.58. The van der Waals surface area contributed by atoms with Crippen molar-refractivity contribution in [3.8, 4) is 0 Å². The molecule has 0 fully saturated rings. The van der Waals surface area contributed by atoms with E-state index < -0.39 is 17.4 Å². The molecule has 0 unspecified atom stereocenters. The van der Waals surface area contributed by atoms with Crippen LogP contribution in [0.4, 0.5) is 0 Å². The van der Waals surface area contributed by atoms with Gasteiger partial charge in [0, 0.05) is 6.54 Å². The maximum atomic E-state index is 12.0. The molecule has 0 spiro atoms. The second-order valence-electron chi connectivity index (χ2n) is 5.31. The predicted octanol–water partition coefficient (Wildman–Crippen LogP) is 1.56. The zero-order valence-electron chi connectivity index (χ0n) is 12.6. The van der Waals surface area contributed by atoms with Crippen LogP contribution < -0.4 is 11.1 Å². The SMILES string of the molecule is CCC(CC)(CNC(=O)[C@H](N)Cc1ccccc1)C(=O)O. The van der Waals surface area contributed by atoms with E-state index in [2.05, 4.69) is 5.32 Å². The number of amides is 1. The highest BCUT2D eigenvalue weighted by molar-refractivity contribution is 5.83. The first-order valence-electron chi connectivity index (χ1n) is 7.25. The third-order valence-corrected chi connectivity index (χ3v) is 4.04. The Hall–Kier alpha value is -1.88. The van der Waals surface area contributed by atoms with Gasteiger partial charge >= 0.3 is 5.97 Å². The molecule has 21 heavy (non-hydrogen) atoms. The molecule has 1 rings (SSSR count). The molecule has 0 aromatic heterocycles. The number of nitrogens with one attached hydrogen (secondary N) is 1. The fourth-order valence-electron chi connectivity index (χ4n) is 2.23. The van der Waals surface area contributed by atoms with Crippen LogP contribution in [0.5, 0.6) is 0 Å². The molecule has 1 atom stereocenters. The number of aliphatic carboxylic acids is 1. The predicted molar refractivity (Wildman–Crippen MR) is 81.8 cm³/mol. The molecule has 5 heteroatoms. The molecular weight excluding hydrogens is 268 g/mol. The van der Waals surface area contributed by atoms with Crippen molar-refractivity contribution in [3.05, 3.63) is 35.9 Å². The van der Waals surface area contributed by atoms with E-state index in [0.717, 1.165) is 5.56 Å². The van der Waals surface area contributed by atoms with E-state index in [1.54, 1.807) is 0 Å². The van der Waals surface area contributed by atoms with Gasteiger partial charge in [0.05, 0.1) is 11.5 Å². The van der Waals surface area contributed by atoms with Gasteiger partial charge in [-0.1, -0.05) is 44.2 Å². The maximum Gasteiger partial charge on any atom is 0.311 e. The van der Waals surface area contributed by atoms with Gasteiger partial charge in [0.15, 0.2) is 0 Å². The summed E-state index contributed by atoms with van der Waals surface area (Å²) in [5.41, 5.74) is 5.95. The van der Waals surface area contributed by atoms with Gasteiger partial charge in [0.2, 0.25) is 5.91 Å². The largest absolute Gasteiger partial charge is 0.481 e. The second kappa shape index (κ2) is 7.78. The molecule has 0 saturated carbocycles. The first-order chi connectivity index (χ1) is 9.95. The van der Waals surface area contributed by atoms with E-state index in [1.165, 1.54) is 0 Å². The first kappa shape index (κ1) is 17.2. The number of nitrogens with two attached hydrogens (primary N) is 1. The first-order valence-corrected chi connectivity index (χ1v) is 7.25. The number of rotatable bonds is 8. The van der Waals surface area contributed by atoms with Crippen molar-refractivity contribution in [2.24, 2.45) is 11.1 Å². The summed E-state index contributed by atoms with van der Waals surface area (Å²) in [6.45, 7) is 3.73. The van der Waals surface area contributed by atoms with Gasteiger partial charge in [-0.05, 0) is 24.8 Å². The normalized spacial score (nSPS) is 12.7. The number of benzene rings is 1. The molecule has 0 aliphatic heterocycles. The lowest BCUT2D eigenvalue weighted by Crippen LogP contribution is -2.48. The number of carboxylic acids is 1. The van der Waals surface area contributed by atoms with Crippen LogP contribution in [0.2, 0.25) is 0 Å². The average Bonchev–Trinajstić information content (AvgIpc) is 2.49. The van der Waals surface area contributed by atoms with Crippen LogP contribution in [0.3, 0.4) is 0 Å². The summed E-state index contributed by atoms with van der Waals surface area (Å²) in [6.07, 6.45) is 1.37. The summed E-state index contributed by atoms with van der Waals surface area (Å²) < 4.78 is 0. The van der Waals surface area contributed by atoms with Crippen LogP contribution in [0.25, 0.3) is 0 Å². The van der Waals surface area contributed by atoms with Crippen LogP contribution in [-0.4, -0.2) is 29.6 Å². The Morgan fingerprint density at radius 2 is 1.81 bits per heavy atom. The summed E-state index contributed by atoms with van der Waals surface area (Å²) in [6, 6.07) is 8.83. The lowest BCUT2D eigenvalue weighted by atomic mass is 9.82. The Bertz CT molecular complexity index is 470. The fourth-order valence-corrected chi connectivity index (χ4v) is 2.23. The molecule has 4 N–H and O–H groups in total. The molecule has 0 saturated heterocycles. The van der Waals surface area contributed by atoms with Gasteiger partial charge in [-0.2, -0.15) is 0 Å². The number of hydrogen-bond acceptors (Lipinski definition) is 3. The van der Waals surface area contributed by atoms with E-state index in [-0.39, 0.29) is 12.5 Å². The van der Waals surface area contributed by atoms with Crippen LogP contribution in [-0.2, 0) is 16.0 Å². The minimum absolute atomic E-state index is 0.108. The zero-order chi connectivity index (χ0) is 15.9. The summed E-state index contributed by atoms with van der Waals surface area (Å²) >= 11 is 0. The molecule has 0 aliphatic carbocycles. The monoisotopic (exact) mass is 292 g/mol. The summed E-state index contributed by atoms with van der Waals surface area (Å²) in [5, 5.41) is 12.0. The molecule has 0 heterocycles. The molecule has 1 aromatic rings. The van der Waals surface area contributed by atoms with Crippen molar-refractivity contribution in [2.75, 3.05) is 6.54 Å². The summed E-state index contributed by atoms with van der Waals surface area (Å²) in [5.74, 6) is -1.20. The van der Waals surface area contributed by atoms with Gasteiger partial charge < -0.3 is 16.2 Å². The standard InChI is InChI=1S/C16H24N2O3/c1-3-16(4-2,15(20)21)11-18-14(19)13(17)10-12-8-6-5-7-9-12/h5-9,13H,3-4,10-11,17H2,1-2H3,(H,18,19)(H,20,21)/t13-/m1/s1.